The molecule has 0 aliphatic heterocycles. The lowest BCUT2D eigenvalue weighted by Crippen LogP contribution is -2.22. The molecule has 1 unspecified atom stereocenters. The minimum Gasteiger partial charge on any atom is -0.507 e. The molecule has 0 saturated heterocycles. The van der Waals surface area contributed by atoms with Crippen molar-refractivity contribution in [3.8, 4) is 11.5 Å². The van der Waals surface area contributed by atoms with Gasteiger partial charge in [0.05, 0.1) is 11.3 Å². The molecule has 0 fully saturated rings. The smallest absolute Gasteiger partial charge is 0.147 e. The van der Waals surface area contributed by atoms with Crippen molar-refractivity contribution in [2.24, 2.45) is 0 Å². The Kier molecular flexibility index (Phi) is 4.98. The van der Waals surface area contributed by atoms with Crippen LogP contribution in [0.2, 0.25) is 0 Å². The lowest BCUT2D eigenvalue weighted by molar-refractivity contribution is 0.419. The highest BCUT2D eigenvalue weighted by Gasteiger charge is 2.14. The van der Waals surface area contributed by atoms with Gasteiger partial charge in [0.25, 0.3) is 0 Å². The molecule has 3 N–H and O–H groups in total. The van der Waals surface area contributed by atoms with E-state index in [1.54, 1.807) is 13.0 Å². The molecular weight excluding hydrogens is 254 g/mol. The average molecular weight is 273 g/mol. The third-order valence-corrected chi connectivity index (χ3v) is 3.67. The maximum atomic E-state index is 10.9. The number of phenolic OH excluding ortho intramolecular Hbond substituents is 2. The van der Waals surface area contributed by atoms with Gasteiger partial charge in [-0.2, -0.15) is 0 Å². The molecule has 0 bridgehead atoms. The minimum absolute atomic E-state index is 0.0260. The molecule has 0 spiro atoms. The van der Waals surface area contributed by atoms with Crippen LogP contribution >= 0.6 is 0 Å². The van der Waals surface area contributed by atoms with Gasteiger partial charge in [0.2, 0.25) is 0 Å². The molecule has 1 aromatic rings. The van der Waals surface area contributed by atoms with Crippen LogP contribution in [-0.2, 0) is 9.84 Å². The van der Waals surface area contributed by atoms with Gasteiger partial charge in [-0.05, 0) is 32.0 Å². The molecule has 1 atom stereocenters. The van der Waals surface area contributed by atoms with Crippen LogP contribution < -0.4 is 5.32 Å². The maximum Gasteiger partial charge on any atom is 0.147 e. The average Bonchev–Trinajstić information content (AvgIpc) is 2.23. The standard InChI is InChI=1S/C12H19NO4S/c1-9(13-7-4-8-18(2,16)17)12-10(14)5-3-6-11(12)15/h3,5-6,9,13-15H,4,7-8H2,1-2H3. The summed E-state index contributed by atoms with van der Waals surface area (Å²) in [6.07, 6.45) is 1.70. The summed E-state index contributed by atoms with van der Waals surface area (Å²) in [5.41, 5.74) is 0.428. The highest BCUT2D eigenvalue weighted by molar-refractivity contribution is 7.90. The number of benzene rings is 1. The van der Waals surface area contributed by atoms with E-state index in [-0.39, 0.29) is 23.3 Å². The van der Waals surface area contributed by atoms with E-state index in [0.29, 0.717) is 18.5 Å². The van der Waals surface area contributed by atoms with E-state index in [1.165, 1.54) is 18.4 Å². The summed E-state index contributed by atoms with van der Waals surface area (Å²) in [6, 6.07) is 4.32. The van der Waals surface area contributed by atoms with E-state index in [4.69, 9.17) is 0 Å². The van der Waals surface area contributed by atoms with Crippen molar-refractivity contribution >= 4 is 9.84 Å². The Labute approximate surface area is 107 Å². The molecule has 6 heteroatoms. The van der Waals surface area contributed by atoms with Crippen LogP contribution in [0.15, 0.2) is 18.2 Å². The van der Waals surface area contributed by atoms with Gasteiger partial charge >= 0.3 is 0 Å². The second kappa shape index (κ2) is 6.06. The quantitative estimate of drug-likeness (QED) is 0.678. The minimum atomic E-state index is -2.94. The fraction of sp³-hybridized carbons (Fsp3) is 0.500. The third-order valence-electron chi connectivity index (χ3n) is 2.64. The number of aromatic hydroxyl groups is 2. The van der Waals surface area contributed by atoms with E-state index in [0.717, 1.165) is 0 Å². The number of hydrogen-bond acceptors (Lipinski definition) is 5. The highest BCUT2D eigenvalue weighted by Crippen LogP contribution is 2.31. The van der Waals surface area contributed by atoms with E-state index in [9.17, 15) is 18.6 Å². The predicted octanol–water partition coefficient (Wildman–Crippen LogP) is 1.18. The molecule has 1 aromatic carbocycles. The van der Waals surface area contributed by atoms with Gasteiger partial charge in [-0.15, -0.1) is 0 Å². The fourth-order valence-electron chi connectivity index (χ4n) is 1.74. The summed E-state index contributed by atoms with van der Waals surface area (Å²) in [7, 11) is -2.94. The van der Waals surface area contributed by atoms with Crippen LogP contribution in [0, 0.1) is 0 Å². The first-order valence-corrected chi connectivity index (χ1v) is 7.79. The lowest BCUT2D eigenvalue weighted by atomic mass is 10.1. The van der Waals surface area contributed by atoms with Crippen LogP contribution in [0.5, 0.6) is 11.5 Å². The molecule has 0 aliphatic carbocycles. The lowest BCUT2D eigenvalue weighted by Gasteiger charge is -2.16. The molecule has 0 aliphatic rings. The van der Waals surface area contributed by atoms with Crippen molar-refractivity contribution in [2.75, 3.05) is 18.6 Å². The van der Waals surface area contributed by atoms with Gasteiger partial charge < -0.3 is 15.5 Å². The van der Waals surface area contributed by atoms with E-state index in [2.05, 4.69) is 5.32 Å². The van der Waals surface area contributed by atoms with Gasteiger partial charge in [-0.3, -0.25) is 0 Å². The number of nitrogens with one attached hydrogen (secondary N) is 1. The number of phenols is 2. The molecule has 1 rings (SSSR count). The zero-order valence-corrected chi connectivity index (χ0v) is 11.4. The summed E-state index contributed by atoms with van der Waals surface area (Å²) < 4.78 is 21.9. The Hall–Kier alpha value is -1.27. The maximum absolute atomic E-state index is 10.9. The van der Waals surface area contributed by atoms with Crippen molar-refractivity contribution in [2.45, 2.75) is 19.4 Å². The number of rotatable bonds is 6. The molecule has 102 valence electrons. The molecule has 5 nitrogen and oxygen atoms in total. The second-order valence-electron chi connectivity index (χ2n) is 4.37. The predicted molar refractivity (Wildman–Crippen MR) is 70.5 cm³/mol. The van der Waals surface area contributed by atoms with Gasteiger partial charge in [-0.25, -0.2) is 8.42 Å². The van der Waals surface area contributed by atoms with Crippen molar-refractivity contribution < 1.29 is 18.6 Å². The summed E-state index contributed by atoms with van der Waals surface area (Å²) in [5.74, 6) is 0.177. The normalized spacial score (nSPS) is 13.4. The fourth-order valence-corrected chi connectivity index (χ4v) is 2.41. The topological polar surface area (TPSA) is 86.6 Å². The Balaban J connectivity index is 2.53. The summed E-state index contributed by atoms with van der Waals surface area (Å²) in [5, 5.41) is 22.4. The second-order valence-corrected chi connectivity index (χ2v) is 6.63. The summed E-state index contributed by atoms with van der Waals surface area (Å²) in [6.45, 7) is 2.30. The molecule has 0 radical (unpaired) electrons. The molecule has 0 heterocycles. The Morgan fingerprint density at radius 3 is 2.33 bits per heavy atom. The van der Waals surface area contributed by atoms with E-state index < -0.39 is 9.84 Å². The van der Waals surface area contributed by atoms with Gasteiger partial charge in [-0.1, -0.05) is 6.07 Å². The zero-order chi connectivity index (χ0) is 13.8. The molecule has 0 amide bonds. The van der Waals surface area contributed by atoms with E-state index >= 15 is 0 Å². The van der Waals surface area contributed by atoms with Crippen LogP contribution in [-0.4, -0.2) is 37.2 Å². The van der Waals surface area contributed by atoms with Crippen LogP contribution in [0.1, 0.15) is 24.9 Å². The van der Waals surface area contributed by atoms with Gasteiger partial charge in [0, 0.05) is 12.3 Å². The summed E-state index contributed by atoms with van der Waals surface area (Å²) >= 11 is 0. The number of hydrogen-bond donors (Lipinski definition) is 3. The van der Waals surface area contributed by atoms with E-state index in [1.807, 2.05) is 0 Å². The Morgan fingerprint density at radius 1 is 1.28 bits per heavy atom. The van der Waals surface area contributed by atoms with Gasteiger partial charge in [0.1, 0.15) is 21.3 Å². The first-order valence-electron chi connectivity index (χ1n) is 5.73. The highest BCUT2D eigenvalue weighted by atomic mass is 32.2. The van der Waals surface area contributed by atoms with Crippen LogP contribution in [0.25, 0.3) is 0 Å². The van der Waals surface area contributed by atoms with Crippen LogP contribution in [0.3, 0.4) is 0 Å². The Bertz CT molecular complexity index is 479. The first kappa shape index (κ1) is 14.8. The third kappa shape index (κ3) is 4.54. The van der Waals surface area contributed by atoms with Crippen molar-refractivity contribution in [3.05, 3.63) is 23.8 Å². The number of sulfone groups is 1. The monoisotopic (exact) mass is 273 g/mol. The van der Waals surface area contributed by atoms with Crippen molar-refractivity contribution in [1.82, 2.24) is 5.32 Å². The summed E-state index contributed by atoms with van der Waals surface area (Å²) in [4.78, 5) is 0. The molecular formula is C12H19NO4S. The van der Waals surface area contributed by atoms with Crippen LogP contribution in [0.4, 0.5) is 0 Å². The first-order chi connectivity index (χ1) is 8.31. The zero-order valence-electron chi connectivity index (χ0n) is 10.5. The van der Waals surface area contributed by atoms with Crippen molar-refractivity contribution in [3.63, 3.8) is 0 Å². The molecule has 0 aromatic heterocycles. The molecule has 0 saturated carbocycles. The van der Waals surface area contributed by atoms with Gasteiger partial charge in [0.15, 0.2) is 0 Å². The molecule has 18 heavy (non-hydrogen) atoms. The largest absolute Gasteiger partial charge is 0.507 e. The Morgan fingerprint density at radius 2 is 1.83 bits per heavy atom. The van der Waals surface area contributed by atoms with Crippen molar-refractivity contribution in [1.29, 1.82) is 0 Å². The SMILES string of the molecule is CC(NCCCS(C)(=O)=O)c1c(O)cccc1O.